The van der Waals surface area contributed by atoms with Crippen LogP contribution >= 0.6 is 0 Å². The van der Waals surface area contributed by atoms with Gasteiger partial charge in [0, 0.05) is 30.2 Å². The fourth-order valence-corrected chi connectivity index (χ4v) is 2.92. The quantitative estimate of drug-likeness (QED) is 0.557. The highest BCUT2D eigenvalue weighted by Gasteiger charge is 2.12. The zero-order chi connectivity index (χ0) is 18.8. The number of hydrogen-bond acceptors (Lipinski definition) is 5. The summed E-state index contributed by atoms with van der Waals surface area (Å²) in [5.74, 6) is 0.900. The molecule has 6 heteroatoms. The van der Waals surface area contributed by atoms with E-state index in [9.17, 15) is 4.79 Å². The molecule has 0 aliphatic heterocycles. The molecule has 1 aromatic carbocycles. The summed E-state index contributed by atoms with van der Waals surface area (Å²) >= 11 is 0. The van der Waals surface area contributed by atoms with E-state index in [1.54, 1.807) is 29.2 Å². The van der Waals surface area contributed by atoms with Gasteiger partial charge in [-0.15, -0.1) is 0 Å². The molecule has 0 aliphatic rings. The molecule has 0 fully saturated rings. The van der Waals surface area contributed by atoms with Crippen molar-refractivity contribution in [2.24, 2.45) is 0 Å². The standard InChI is InChI=1S/C21H18N4O2/c1-14-4-3-5-17(9-14)20-23-21(27-24-20)18-6-7-19(26)25(13-18)12-16-8-15(2)10-22-11-16/h3-11,13H,12H2,1-2H3. The highest BCUT2D eigenvalue weighted by atomic mass is 16.5. The number of nitrogens with zero attached hydrogens (tertiary/aromatic N) is 4. The summed E-state index contributed by atoms with van der Waals surface area (Å²) in [6, 6.07) is 13.1. The van der Waals surface area contributed by atoms with Crippen LogP contribution in [0.25, 0.3) is 22.8 Å². The van der Waals surface area contributed by atoms with E-state index in [1.807, 2.05) is 44.2 Å². The Morgan fingerprint density at radius 2 is 1.89 bits per heavy atom. The second-order valence-electron chi connectivity index (χ2n) is 6.55. The Hall–Kier alpha value is -3.54. The molecule has 0 bridgehead atoms. The Morgan fingerprint density at radius 3 is 2.70 bits per heavy atom. The van der Waals surface area contributed by atoms with Gasteiger partial charge in [0.15, 0.2) is 0 Å². The monoisotopic (exact) mass is 358 g/mol. The van der Waals surface area contributed by atoms with Crippen LogP contribution in [0.4, 0.5) is 0 Å². The predicted octanol–water partition coefficient (Wildman–Crippen LogP) is 3.63. The van der Waals surface area contributed by atoms with Crippen LogP contribution in [0.2, 0.25) is 0 Å². The molecule has 134 valence electrons. The first kappa shape index (κ1) is 16.9. The molecule has 3 heterocycles. The van der Waals surface area contributed by atoms with Crippen molar-refractivity contribution in [3.8, 4) is 22.8 Å². The van der Waals surface area contributed by atoms with E-state index < -0.39 is 0 Å². The molecule has 0 spiro atoms. The van der Waals surface area contributed by atoms with Gasteiger partial charge in [0.1, 0.15) is 0 Å². The average Bonchev–Trinajstić information content (AvgIpc) is 3.14. The third-order valence-electron chi connectivity index (χ3n) is 4.22. The Balaban J connectivity index is 1.66. The first-order valence-corrected chi connectivity index (χ1v) is 8.61. The third kappa shape index (κ3) is 3.69. The fraction of sp³-hybridized carbons (Fsp3) is 0.143. The normalized spacial score (nSPS) is 10.9. The van der Waals surface area contributed by atoms with Crippen LogP contribution in [-0.2, 0) is 6.54 Å². The van der Waals surface area contributed by atoms with E-state index in [1.165, 1.54) is 6.07 Å². The van der Waals surface area contributed by atoms with E-state index in [2.05, 4.69) is 15.1 Å². The van der Waals surface area contributed by atoms with Crippen molar-refractivity contribution in [3.05, 3.63) is 88.1 Å². The summed E-state index contributed by atoms with van der Waals surface area (Å²) in [6.07, 6.45) is 5.28. The Morgan fingerprint density at radius 1 is 1.00 bits per heavy atom. The van der Waals surface area contributed by atoms with Crippen LogP contribution in [0, 0.1) is 13.8 Å². The van der Waals surface area contributed by atoms with Crippen molar-refractivity contribution < 1.29 is 4.52 Å². The van der Waals surface area contributed by atoms with Crippen LogP contribution in [0.3, 0.4) is 0 Å². The van der Waals surface area contributed by atoms with Gasteiger partial charge in [0.2, 0.25) is 5.82 Å². The summed E-state index contributed by atoms with van der Waals surface area (Å²) < 4.78 is 7.03. The van der Waals surface area contributed by atoms with Gasteiger partial charge in [-0.05, 0) is 37.1 Å². The van der Waals surface area contributed by atoms with Gasteiger partial charge >= 0.3 is 0 Å². The maximum Gasteiger partial charge on any atom is 0.259 e. The summed E-state index contributed by atoms with van der Waals surface area (Å²) in [4.78, 5) is 20.9. The molecule has 0 unspecified atom stereocenters. The number of rotatable bonds is 4. The Bertz CT molecular complexity index is 1160. The van der Waals surface area contributed by atoms with E-state index in [0.717, 1.165) is 22.3 Å². The maximum absolute atomic E-state index is 12.2. The third-order valence-corrected chi connectivity index (χ3v) is 4.22. The Labute approximate surface area is 156 Å². The van der Waals surface area contributed by atoms with Crippen molar-refractivity contribution in [1.82, 2.24) is 19.7 Å². The van der Waals surface area contributed by atoms with Gasteiger partial charge in [0.25, 0.3) is 11.4 Å². The molecule has 4 aromatic rings. The van der Waals surface area contributed by atoms with Crippen molar-refractivity contribution in [3.63, 3.8) is 0 Å². The number of aryl methyl sites for hydroxylation is 2. The number of pyridine rings is 2. The summed E-state index contributed by atoms with van der Waals surface area (Å²) in [6.45, 7) is 4.42. The molecule has 0 saturated heterocycles. The first-order chi connectivity index (χ1) is 13.1. The lowest BCUT2D eigenvalue weighted by Gasteiger charge is -2.07. The Kier molecular flexibility index (Phi) is 4.38. The lowest BCUT2D eigenvalue weighted by molar-refractivity contribution is 0.432. The van der Waals surface area contributed by atoms with Gasteiger partial charge in [-0.3, -0.25) is 9.78 Å². The fourth-order valence-electron chi connectivity index (χ4n) is 2.92. The SMILES string of the molecule is Cc1cncc(Cn2cc(-c3nc(-c4cccc(C)c4)no3)ccc2=O)c1. The second kappa shape index (κ2) is 6.99. The average molecular weight is 358 g/mol. The van der Waals surface area contributed by atoms with Crippen LogP contribution in [0.5, 0.6) is 0 Å². The first-order valence-electron chi connectivity index (χ1n) is 8.61. The molecule has 0 saturated carbocycles. The van der Waals surface area contributed by atoms with Crippen molar-refractivity contribution in [2.75, 3.05) is 0 Å². The zero-order valence-electron chi connectivity index (χ0n) is 15.1. The van der Waals surface area contributed by atoms with Crippen molar-refractivity contribution in [2.45, 2.75) is 20.4 Å². The molecule has 6 nitrogen and oxygen atoms in total. The minimum atomic E-state index is -0.0984. The molecular formula is C21H18N4O2. The molecule has 4 rings (SSSR count). The number of aromatic nitrogens is 4. The topological polar surface area (TPSA) is 73.8 Å². The van der Waals surface area contributed by atoms with Crippen LogP contribution < -0.4 is 5.56 Å². The van der Waals surface area contributed by atoms with Gasteiger partial charge in [-0.1, -0.05) is 35.0 Å². The molecular weight excluding hydrogens is 340 g/mol. The molecule has 0 atom stereocenters. The molecule has 0 amide bonds. The van der Waals surface area contributed by atoms with E-state index >= 15 is 0 Å². The maximum atomic E-state index is 12.2. The largest absolute Gasteiger partial charge is 0.334 e. The van der Waals surface area contributed by atoms with Crippen LogP contribution in [-0.4, -0.2) is 19.7 Å². The molecule has 0 radical (unpaired) electrons. The lowest BCUT2D eigenvalue weighted by Crippen LogP contribution is -2.19. The molecule has 27 heavy (non-hydrogen) atoms. The second-order valence-corrected chi connectivity index (χ2v) is 6.55. The smallest absolute Gasteiger partial charge is 0.259 e. The predicted molar refractivity (Wildman–Crippen MR) is 102 cm³/mol. The molecule has 3 aromatic heterocycles. The number of hydrogen-bond donors (Lipinski definition) is 0. The van der Waals surface area contributed by atoms with E-state index in [0.29, 0.717) is 23.8 Å². The molecule has 0 aliphatic carbocycles. The van der Waals surface area contributed by atoms with E-state index in [4.69, 9.17) is 4.52 Å². The van der Waals surface area contributed by atoms with E-state index in [-0.39, 0.29) is 5.56 Å². The van der Waals surface area contributed by atoms with Gasteiger partial charge in [0.05, 0.1) is 12.1 Å². The molecule has 0 N–H and O–H groups in total. The van der Waals surface area contributed by atoms with Crippen molar-refractivity contribution >= 4 is 0 Å². The van der Waals surface area contributed by atoms with Crippen LogP contribution in [0.15, 0.2) is 70.4 Å². The lowest BCUT2D eigenvalue weighted by atomic mass is 10.1. The van der Waals surface area contributed by atoms with Crippen LogP contribution in [0.1, 0.15) is 16.7 Å². The summed E-state index contributed by atoms with van der Waals surface area (Å²) in [7, 11) is 0. The highest BCUT2D eigenvalue weighted by molar-refractivity contribution is 5.59. The van der Waals surface area contributed by atoms with Crippen molar-refractivity contribution in [1.29, 1.82) is 0 Å². The summed E-state index contributed by atoms with van der Waals surface area (Å²) in [5, 5.41) is 4.07. The van der Waals surface area contributed by atoms with Gasteiger partial charge in [-0.2, -0.15) is 4.98 Å². The minimum Gasteiger partial charge on any atom is -0.334 e. The van der Waals surface area contributed by atoms with Gasteiger partial charge in [-0.25, -0.2) is 0 Å². The zero-order valence-corrected chi connectivity index (χ0v) is 15.1. The van der Waals surface area contributed by atoms with Gasteiger partial charge < -0.3 is 9.09 Å². The summed E-state index contributed by atoms with van der Waals surface area (Å²) in [5.41, 5.74) is 4.63. The highest BCUT2D eigenvalue weighted by Crippen LogP contribution is 2.22. The minimum absolute atomic E-state index is 0.0984. The number of benzene rings is 1.